The van der Waals surface area contributed by atoms with Crippen molar-refractivity contribution in [1.82, 2.24) is 9.62 Å². The number of carbonyl (C=O) groups is 1. The van der Waals surface area contributed by atoms with Crippen molar-refractivity contribution in [3.63, 3.8) is 0 Å². The SMILES string of the molecule is CCCS(=O)(=O)NC1CCN(C(=O)Nc2cccc([N+](=O)[O-])c2)CC1. The van der Waals surface area contributed by atoms with Crippen LogP contribution in [0.3, 0.4) is 0 Å². The number of carbonyl (C=O) groups excluding carboxylic acids is 1. The topological polar surface area (TPSA) is 122 Å². The second-order valence-corrected chi connectivity index (χ2v) is 7.81. The lowest BCUT2D eigenvalue weighted by Gasteiger charge is -2.32. The molecule has 1 heterocycles. The number of piperidine rings is 1. The van der Waals surface area contributed by atoms with Crippen molar-refractivity contribution in [2.75, 3.05) is 24.2 Å². The largest absolute Gasteiger partial charge is 0.324 e. The van der Waals surface area contributed by atoms with Crippen LogP contribution in [0.25, 0.3) is 0 Å². The number of benzene rings is 1. The van der Waals surface area contributed by atoms with Crippen LogP contribution in [0.1, 0.15) is 26.2 Å². The minimum absolute atomic E-state index is 0.0955. The summed E-state index contributed by atoms with van der Waals surface area (Å²) in [5.74, 6) is 0.0977. The van der Waals surface area contributed by atoms with E-state index in [-0.39, 0.29) is 23.5 Å². The van der Waals surface area contributed by atoms with Crippen LogP contribution in [-0.2, 0) is 10.0 Å². The number of non-ortho nitro benzene ring substituents is 1. The van der Waals surface area contributed by atoms with E-state index in [2.05, 4.69) is 10.0 Å². The smallest absolute Gasteiger partial charge is 0.321 e. The molecular weight excluding hydrogens is 348 g/mol. The van der Waals surface area contributed by atoms with Crippen LogP contribution in [0.5, 0.6) is 0 Å². The van der Waals surface area contributed by atoms with Gasteiger partial charge in [0.15, 0.2) is 0 Å². The monoisotopic (exact) mass is 370 g/mol. The highest BCUT2D eigenvalue weighted by atomic mass is 32.2. The van der Waals surface area contributed by atoms with E-state index in [1.807, 2.05) is 0 Å². The van der Waals surface area contributed by atoms with Crippen molar-refractivity contribution >= 4 is 27.4 Å². The zero-order chi connectivity index (χ0) is 18.4. The molecule has 0 aliphatic carbocycles. The van der Waals surface area contributed by atoms with E-state index in [1.165, 1.54) is 18.2 Å². The molecule has 0 atom stereocenters. The average Bonchev–Trinajstić information content (AvgIpc) is 2.55. The molecule has 0 spiro atoms. The Kier molecular flexibility index (Phi) is 6.32. The third kappa shape index (κ3) is 5.68. The van der Waals surface area contributed by atoms with Gasteiger partial charge in [-0.3, -0.25) is 10.1 Å². The molecule has 0 radical (unpaired) electrons. The second-order valence-electron chi connectivity index (χ2n) is 5.94. The van der Waals surface area contributed by atoms with Gasteiger partial charge in [-0.1, -0.05) is 13.0 Å². The first-order chi connectivity index (χ1) is 11.8. The van der Waals surface area contributed by atoms with Gasteiger partial charge in [0, 0.05) is 37.0 Å². The van der Waals surface area contributed by atoms with E-state index in [0.717, 1.165) is 0 Å². The van der Waals surface area contributed by atoms with Gasteiger partial charge in [-0.15, -0.1) is 0 Å². The number of nitro benzene ring substituents is 1. The summed E-state index contributed by atoms with van der Waals surface area (Å²) in [5, 5.41) is 13.4. The van der Waals surface area contributed by atoms with Crippen LogP contribution in [-0.4, -0.2) is 49.2 Å². The number of nitrogens with one attached hydrogen (secondary N) is 2. The third-order valence-corrected chi connectivity index (χ3v) is 5.55. The lowest BCUT2D eigenvalue weighted by Crippen LogP contribution is -2.48. The summed E-state index contributed by atoms with van der Waals surface area (Å²) in [6.07, 6.45) is 1.62. The summed E-state index contributed by atoms with van der Waals surface area (Å²) in [7, 11) is -3.26. The Bertz CT molecular complexity index is 729. The fourth-order valence-electron chi connectivity index (χ4n) is 2.68. The quantitative estimate of drug-likeness (QED) is 0.585. The Balaban J connectivity index is 1.87. The Labute approximate surface area is 146 Å². The third-order valence-electron chi connectivity index (χ3n) is 3.91. The maximum Gasteiger partial charge on any atom is 0.321 e. The zero-order valence-electron chi connectivity index (χ0n) is 14.0. The normalized spacial score (nSPS) is 15.8. The number of nitro groups is 1. The molecule has 0 aromatic heterocycles. The summed E-state index contributed by atoms with van der Waals surface area (Å²) in [6.45, 7) is 2.64. The van der Waals surface area contributed by atoms with Gasteiger partial charge < -0.3 is 10.2 Å². The van der Waals surface area contributed by atoms with Crippen molar-refractivity contribution < 1.29 is 18.1 Å². The molecule has 1 saturated heterocycles. The molecule has 25 heavy (non-hydrogen) atoms. The van der Waals surface area contributed by atoms with E-state index in [1.54, 1.807) is 17.9 Å². The molecule has 1 aliphatic heterocycles. The molecule has 2 N–H and O–H groups in total. The highest BCUT2D eigenvalue weighted by Crippen LogP contribution is 2.18. The number of nitrogens with zero attached hydrogens (tertiary/aromatic N) is 2. The molecule has 1 fully saturated rings. The molecular formula is C15H22N4O5S. The van der Waals surface area contributed by atoms with Crippen molar-refractivity contribution in [2.45, 2.75) is 32.2 Å². The molecule has 1 aromatic rings. The van der Waals surface area contributed by atoms with Gasteiger partial charge >= 0.3 is 6.03 Å². The summed E-state index contributed by atoms with van der Waals surface area (Å²) in [4.78, 5) is 24.1. The van der Waals surface area contributed by atoms with Crippen molar-refractivity contribution in [3.05, 3.63) is 34.4 Å². The number of amides is 2. The van der Waals surface area contributed by atoms with Crippen molar-refractivity contribution in [3.8, 4) is 0 Å². The standard InChI is InChI=1S/C15H22N4O5S/c1-2-10-25(23,24)17-12-6-8-18(9-7-12)15(20)16-13-4-3-5-14(11-13)19(21)22/h3-5,11-12,17H,2,6-10H2,1H3,(H,16,20). The van der Waals surface area contributed by atoms with E-state index < -0.39 is 14.9 Å². The molecule has 138 valence electrons. The van der Waals surface area contributed by atoms with E-state index >= 15 is 0 Å². The molecule has 10 heteroatoms. The number of urea groups is 1. The molecule has 9 nitrogen and oxygen atoms in total. The first kappa shape index (κ1) is 19.1. The lowest BCUT2D eigenvalue weighted by molar-refractivity contribution is -0.384. The van der Waals surface area contributed by atoms with Gasteiger partial charge in [-0.2, -0.15) is 0 Å². The van der Waals surface area contributed by atoms with Crippen molar-refractivity contribution in [2.24, 2.45) is 0 Å². The second kappa shape index (κ2) is 8.26. The first-order valence-electron chi connectivity index (χ1n) is 8.11. The van der Waals surface area contributed by atoms with Gasteiger partial charge in [-0.25, -0.2) is 17.9 Å². The molecule has 0 saturated carbocycles. The predicted molar refractivity (Wildman–Crippen MR) is 93.9 cm³/mol. The Hall–Kier alpha value is -2.20. The molecule has 0 bridgehead atoms. The maximum atomic E-state index is 12.2. The highest BCUT2D eigenvalue weighted by Gasteiger charge is 2.25. The van der Waals surface area contributed by atoms with Crippen LogP contribution < -0.4 is 10.0 Å². The minimum atomic E-state index is -3.26. The Morgan fingerprint density at radius 1 is 1.36 bits per heavy atom. The number of sulfonamides is 1. The fourth-order valence-corrected chi connectivity index (χ4v) is 4.08. The van der Waals surface area contributed by atoms with Crippen LogP contribution in [0.4, 0.5) is 16.2 Å². The average molecular weight is 370 g/mol. The van der Waals surface area contributed by atoms with Crippen LogP contribution in [0.15, 0.2) is 24.3 Å². The first-order valence-corrected chi connectivity index (χ1v) is 9.76. The highest BCUT2D eigenvalue weighted by molar-refractivity contribution is 7.89. The summed E-state index contributed by atoms with van der Waals surface area (Å²) in [5.41, 5.74) is 0.256. The van der Waals surface area contributed by atoms with Crippen LogP contribution in [0, 0.1) is 10.1 Å². The fraction of sp³-hybridized carbons (Fsp3) is 0.533. The Morgan fingerprint density at radius 2 is 2.04 bits per heavy atom. The number of likely N-dealkylation sites (tertiary alicyclic amines) is 1. The van der Waals surface area contributed by atoms with Gasteiger partial charge in [0.1, 0.15) is 0 Å². The van der Waals surface area contributed by atoms with Gasteiger partial charge in [0.2, 0.25) is 10.0 Å². The maximum absolute atomic E-state index is 12.2. The van der Waals surface area contributed by atoms with Crippen molar-refractivity contribution in [1.29, 1.82) is 0 Å². The Morgan fingerprint density at radius 3 is 2.64 bits per heavy atom. The number of rotatable bonds is 6. The number of anilines is 1. The molecule has 2 rings (SSSR count). The summed E-state index contributed by atoms with van der Waals surface area (Å²) < 4.78 is 26.2. The van der Waals surface area contributed by atoms with E-state index in [9.17, 15) is 23.3 Å². The lowest BCUT2D eigenvalue weighted by atomic mass is 10.1. The van der Waals surface area contributed by atoms with E-state index in [4.69, 9.17) is 0 Å². The summed E-state index contributed by atoms with van der Waals surface area (Å²) in [6, 6.07) is 5.21. The number of hydrogen-bond donors (Lipinski definition) is 2. The van der Waals surface area contributed by atoms with E-state index in [0.29, 0.717) is 38.0 Å². The predicted octanol–water partition coefficient (Wildman–Crippen LogP) is 1.92. The molecule has 1 aliphatic rings. The van der Waals surface area contributed by atoms with Crippen LogP contribution in [0.2, 0.25) is 0 Å². The summed E-state index contributed by atoms with van der Waals surface area (Å²) >= 11 is 0. The number of hydrogen-bond acceptors (Lipinski definition) is 5. The zero-order valence-corrected chi connectivity index (χ0v) is 14.8. The van der Waals surface area contributed by atoms with Gasteiger partial charge in [-0.05, 0) is 25.3 Å². The van der Waals surface area contributed by atoms with Gasteiger partial charge in [0.05, 0.1) is 10.7 Å². The van der Waals surface area contributed by atoms with Crippen LogP contribution >= 0.6 is 0 Å². The minimum Gasteiger partial charge on any atom is -0.324 e. The molecule has 2 amide bonds. The molecule has 0 unspecified atom stereocenters. The molecule has 1 aromatic carbocycles. The van der Waals surface area contributed by atoms with Gasteiger partial charge in [0.25, 0.3) is 5.69 Å².